The predicted octanol–water partition coefficient (Wildman–Crippen LogP) is 4.20. The third-order valence-corrected chi connectivity index (χ3v) is 5.70. The van der Waals surface area contributed by atoms with Crippen molar-refractivity contribution in [3.05, 3.63) is 72.2 Å². The molecule has 168 valence electrons. The van der Waals surface area contributed by atoms with Crippen LogP contribution in [0, 0.1) is 0 Å². The summed E-state index contributed by atoms with van der Waals surface area (Å²) in [7, 11) is 0. The third-order valence-electron chi connectivity index (χ3n) is 5.70. The van der Waals surface area contributed by atoms with Crippen molar-refractivity contribution in [1.82, 2.24) is 19.6 Å². The van der Waals surface area contributed by atoms with Crippen LogP contribution in [0.5, 0.6) is 0 Å². The van der Waals surface area contributed by atoms with Crippen LogP contribution in [0.1, 0.15) is 30.9 Å². The lowest BCUT2D eigenvalue weighted by molar-refractivity contribution is 0.123. The molecule has 0 radical (unpaired) electrons. The van der Waals surface area contributed by atoms with Crippen LogP contribution in [0.4, 0.5) is 11.5 Å². The standard InChI is InChI=1S/C25H27N7O/c1-18(2)21-5-3-4-19(14-21)16-27-29-24-15-23(31-10-12-33-13-11-31)25-28-22(17-32(25)30-24)20-6-8-26-9-7-20/h3-9,14-18H,10-13H2,1-2H3,(H,29,30)/b27-16-. The Kier molecular flexibility index (Phi) is 5.99. The van der Waals surface area contributed by atoms with Crippen molar-refractivity contribution in [3.63, 3.8) is 0 Å². The minimum Gasteiger partial charge on any atom is -0.378 e. The highest BCUT2D eigenvalue weighted by atomic mass is 16.5. The number of hydrogen-bond donors (Lipinski definition) is 1. The zero-order chi connectivity index (χ0) is 22.6. The van der Waals surface area contributed by atoms with Crippen molar-refractivity contribution < 1.29 is 4.74 Å². The molecule has 0 atom stereocenters. The van der Waals surface area contributed by atoms with E-state index in [1.165, 1.54) is 5.56 Å². The van der Waals surface area contributed by atoms with Gasteiger partial charge in [-0.25, -0.2) is 9.50 Å². The zero-order valence-corrected chi connectivity index (χ0v) is 18.8. The molecule has 0 unspecified atom stereocenters. The molecule has 8 heteroatoms. The number of nitrogens with zero attached hydrogens (tertiary/aromatic N) is 6. The van der Waals surface area contributed by atoms with Crippen LogP contribution in [0.3, 0.4) is 0 Å². The number of anilines is 2. The summed E-state index contributed by atoms with van der Waals surface area (Å²) < 4.78 is 7.36. The van der Waals surface area contributed by atoms with E-state index in [2.05, 4.69) is 52.5 Å². The Morgan fingerprint density at radius 3 is 2.70 bits per heavy atom. The van der Waals surface area contributed by atoms with Gasteiger partial charge in [0.25, 0.3) is 0 Å². The minimum absolute atomic E-state index is 0.474. The lowest BCUT2D eigenvalue weighted by Crippen LogP contribution is -2.36. The van der Waals surface area contributed by atoms with Crippen LogP contribution in [0.15, 0.2) is 66.2 Å². The number of hydrazone groups is 1. The van der Waals surface area contributed by atoms with Crippen molar-refractivity contribution in [2.75, 3.05) is 36.6 Å². The quantitative estimate of drug-likeness (QED) is 0.357. The number of imidazole rings is 1. The molecule has 5 rings (SSSR count). The highest BCUT2D eigenvalue weighted by Crippen LogP contribution is 2.27. The number of aromatic nitrogens is 4. The molecular formula is C25H27N7O. The van der Waals surface area contributed by atoms with Crippen LogP contribution in [-0.4, -0.2) is 52.1 Å². The molecule has 0 aliphatic carbocycles. The summed E-state index contributed by atoms with van der Waals surface area (Å²) in [5.41, 5.74) is 9.11. The highest BCUT2D eigenvalue weighted by molar-refractivity contribution is 5.81. The summed E-state index contributed by atoms with van der Waals surface area (Å²) in [6.45, 7) is 7.38. The maximum Gasteiger partial charge on any atom is 0.177 e. The lowest BCUT2D eigenvalue weighted by Gasteiger charge is -2.29. The average Bonchev–Trinajstić information content (AvgIpc) is 3.29. The Balaban J connectivity index is 1.47. The van der Waals surface area contributed by atoms with Gasteiger partial charge in [0.1, 0.15) is 0 Å². The molecule has 1 aliphatic heterocycles. The Morgan fingerprint density at radius 1 is 1.09 bits per heavy atom. The van der Waals surface area contributed by atoms with Gasteiger partial charge in [-0.2, -0.15) is 5.10 Å². The second-order valence-electron chi connectivity index (χ2n) is 8.34. The van der Waals surface area contributed by atoms with Crippen LogP contribution >= 0.6 is 0 Å². The Morgan fingerprint density at radius 2 is 1.91 bits per heavy atom. The van der Waals surface area contributed by atoms with E-state index in [9.17, 15) is 0 Å². The number of ether oxygens (including phenoxy) is 1. The topological polar surface area (TPSA) is 79.9 Å². The van der Waals surface area contributed by atoms with Crippen molar-refractivity contribution in [2.45, 2.75) is 19.8 Å². The largest absolute Gasteiger partial charge is 0.378 e. The van der Waals surface area contributed by atoms with Crippen molar-refractivity contribution in [2.24, 2.45) is 5.10 Å². The summed E-state index contributed by atoms with van der Waals surface area (Å²) in [6, 6.07) is 14.3. The maximum atomic E-state index is 5.55. The molecule has 1 N–H and O–H groups in total. The van der Waals surface area contributed by atoms with E-state index in [0.29, 0.717) is 24.9 Å². The molecule has 0 saturated carbocycles. The molecule has 1 aliphatic rings. The van der Waals surface area contributed by atoms with Gasteiger partial charge >= 0.3 is 0 Å². The fourth-order valence-corrected chi connectivity index (χ4v) is 3.89. The first-order valence-electron chi connectivity index (χ1n) is 11.2. The molecule has 1 fully saturated rings. The van der Waals surface area contributed by atoms with Crippen LogP contribution in [0.25, 0.3) is 16.9 Å². The summed E-state index contributed by atoms with van der Waals surface area (Å²) in [5, 5.41) is 9.16. The highest BCUT2D eigenvalue weighted by Gasteiger charge is 2.18. The summed E-state index contributed by atoms with van der Waals surface area (Å²) >= 11 is 0. The Hall–Kier alpha value is -3.78. The molecule has 1 saturated heterocycles. The van der Waals surface area contributed by atoms with Gasteiger partial charge < -0.3 is 9.64 Å². The van der Waals surface area contributed by atoms with E-state index in [1.54, 1.807) is 12.4 Å². The molecule has 0 bridgehead atoms. The van der Waals surface area contributed by atoms with E-state index in [-0.39, 0.29) is 0 Å². The molecule has 0 spiro atoms. The molecule has 0 amide bonds. The average molecular weight is 442 g/mol. The first kappa shape index (κ1) is 21.1. The van der Waals surface area contributed by atoms with Gasteiger partial charge in [-0.05, 0) is 35.2 Å². The zero-order valence-electron chi connectivity index (χ0n) is 18.8. The van der Waals surface area contributed by atoms with E-state index in [4.69, 9.17) is 14.8 Å². The summed E-state index contributed by atoms with van der Waals surface area (Å²) in [6.07, 6.45) is 7.30. The van der Waals surface area contributed by atoms with E-state index >= 15 is 0 Å². The molecule has 1 aromatic carbocycles. The second kappa shape index (κ2) is 9.38. The van der Waals surface area contributed by atoms with Gasteiger partial charge in [-0.3, -0.25) is 10.4 Å². The number of morpholine rings is 1. The van der Waals surface area contributed by atoms with E-state index in [1.807, 2.05) is 41.2 Å². The summed E-state index contributed by atoms with van der Waals surface area (Å²) in [5.74, 6) is 1.13. The normalized spacial score (nSPS) is 14.5. The van der Waals surface area contributed by atoms with Crippen molar-refractivity contribution >= 4 is 23.4 Å². The third kappa shape index (κ3) is 4.70. The predicted molar refractivity (Wildman–Crippen MR) is 131 cm³/mol. The number of nitrogens with one attached hydrogen (secondary N) is 1. The van der Waals surface area contributed by atoms with Gasteiger partial charge in [-0.1, -0.05) is 32.0 Å². The van der Waals surface area contributed by atoms with Gasteiger partial charge in [0.05, 0.1) is 37.0 Å². The summed E-state index contributed by atoms with van der Waals surface area (Å²) in [4.78, 5) is 11.3. The number of fused-ring (bicyclic) bond motifs is 1. The Bertz CT molecular complexity index is 1260. The number of rotatable bonds is 6. The van der Waals surface area contributed by atoms with E-state index in [0.717, 1.165) is 41.2 Å². The van der Waals surface area contributed by atoms with Gasteiger partial charge in [-0.15, -0.1) is 5.10 Å². The van der Waals surface area contributed by atoms with Crippen LogP contribution in [-0.2, 0) is 4.74 Å². The van der Waals surface area contributed by atoms with Crippen LogP contribution < -0.4 is 10.3 Å². The monoisotopic (exact) mass is 441 g/mol. The SMILES string of the molecule is CC(C)c1cccc(/C=N\Nc2cc(N3CCOCC3)c3nc(-c4ccncc4)cn3n2)c1. The fraction of sp³-hybridized carbons (Fsp3) is 0.280. The van der Waals surface area contributed by atoms with Crippen molar-refractivity contribution in [3.8, 4) is 11.3 Å². The number of benzene rings is 1. The second-order valence-corrected chi connectivity index (χ2v) is 8.34. The van der Waals surface area contributed by atoms with Crippen LogP contribution in [0.2, 0.25) is 0 Å². The van der Waals surface area contributed by atoms with Gasteiger partial charge in [0.2, 0.25) is 0 Å². The molecule has 8 nitrogen and oxygen atoms in total. The molecule has 4 heterocycles. The van der Waals surface area contributed by atoms with Gasteiger partial charge in [0.15, 0.2) is 11.5 Å². The minimum atomic E-state index is 0.474. The lowest BCUT2D eigenvalue weighted by atomic mass is 10.0. The molecular weight excluding hydrogens is 414 g/mol. The van der Waals surface area contributed by atoms with Crippen molar-refractivity contribution in [1.29, 1.82) is 0 Å². The maximum absolute atomic E-state index is 5.55. The first-order valence-corrected chi connectivity index (χ1v) is 11.2. The first-order chi connectivity index (χ1) is 16.2. The smallest absolute Gasteiger partial charge is 0.177 e. The van der Waals surface area contributed by atoms with Gasteiger partial charge in [0, 0.05) is 37.1 Å². The fourth-order valence-electron chi connectivity index (χ4n) is 3.89. The Labute approximate surface area is 192 Å². The molecule has 3 aromatic heterocycles. The molecule has 4 aromatic rings. The number of hydrogen-bond acceptors (Lipinski definition) is 7. The molecule has 33 heavy (non-hydrogen) atoms. The van der Waals surface area contributed by atoms with E-state index < -0.39 is 0 Å². The number of pyridine rings is 1.